The van der Waals surface area contributed by atoms with Crippen LogP contribution < -0.4 is 9.62 Å². The van der Waals surface area contributed by atoms with Crippen LogP contribution in [0.4, 0.5) is 10.1 Å². The molecule has 10 heteroatoms. The molecule has 0 fully saturated rings. The first-order valence-corrected chi connectivity index (χ1v) is 15.9. The molecule has 1 N–H and O–H groups in total. The van der Waals surface area contributed by atoms with Crippen LogP contribution in [0, 0.1) is 5.82 Å². The van der Waals surface area contributed by atoms with Crippen LogP contribution in [0.25, 0.3) is 0 Å². The number of nitrogens with zero attached hydrogens (tertiary/aromatic N) is 2. The molecule has 2 amide bonds. The SMILES string of the molecule is CC(C)(C)NC(=O)[C@@H](Cc1ccccc1)N(Cc1ccccc1F)C(=O)CN(c1cccc(Cl)c1)S(=O)(=O)c1ccccc1. The van der Waals surface area contributed by atoms with Gasteiger partial charge in [-0.3, -0.25) is 13.9 Å². The molecule has 0 aliphatic carbocycles. The van der Waals surface area contributed by atoms with Crippen LogP contribution in [0.2, 0.25) is 5.02 Å². The van der Waals surface area contributed by atoms with Crippen LogP contribution in [0.1, 0.15) is 31.9 Å². The standard InChI is InChI=1S/C34H35ClFN3O4S/c1-34(2,3)37-33(41)31(21-25-13-6-4-7-14-25)38(23-26-15-10-11-20-30(26)36)32(40)24-39(28-17-12-16-27(35)22-28)44(42,43)29-18-8-5-9-19-29/h4-20,22,31H,21,23-24H2,1-3H3,(H,37,41)/t31-/m1/s1. The van der Waals surface area contributed by atoms with Gasteiger partial charge in [-0.15, -0.1) is 0 Å². The molecule has 0 aliphatic rings. The molecule has 4 rings (SSSR count). The van der Waals surface area contributed by atoms with Gasteiger partial charge in [0, 0.05) is 29.1 Å². The maximum atomic E-state index is 15.0. The van der Waals surface area contributed by atoms with E-state index in [0.717, 1.165) is 9.87 Å². The number of hydrogen-bond donors (Lipinski definition) is 1. The highest BCUT2D eigenvalue weighted by Gasteiger charge is 2.36. The van der Waals surface area contributed by atoms with Crippen LogP contribution in [0.3, 0.4) is 0 Å². The third-order valence-corrected chi connectivity index (χ3v) is 8.80. The maximum absolute atomic E-state index is 15.0. The zero-order chi connectivity index (χ0) is 31.9. The predicted octanol–water partition coefficient (Wildman–Crippen LogP) is 6.23. The Morgan fingerprint density at radius 3 is 2.09 bits per heavy atom. The highest BCUT2D eigenvalue weighted by atomic mass is 35.5. The molecule has 0 radical (unpaired) electrons. The number of carbonyl (C=O) groups is 2. The van der Waals surface area contributed by atoms with Gasteiger partial charge in [0.2, 0.25) is 11.8 Å². The number of anilines is 1. The van der Waals surface area contributed by atoms with Crippen molar-refractivity contribution in [2.24, 2.45) is 0 Å². The Balaban J connectivity index is 1.82. The lowest BCUT2D eigenvalue weighted by atomic mass is 10.0. The van der Waals surface area contributed by atoms with Gasteiger partial charge in [0.05, 0.1) is 10.6 Å². The predicted molar refractivity (Wildman–Crippen MR) is 171 cm³/mol. The molecule has 1 atom stereocenters. The summed E-state index contributed by atoms with van der Waals surface area (Å²) in [6.07, 6.45) is 0.117. The Bertz CT molecular complexity index is 1700. The van der Waals surface area contributed by atoms with Crippen molar-refractivity contribution in [1.82, 2.24) is 10.2 Å². The second kappa shape index (κ2) is 14.1. The van der Waals surface area contributed by atoms with E-state index in [-0.39, 0.29) is 34.1 Å². The fraction of sp³-hybridized carbons (Fsp3) is 0.235. The Morgan fingerprint density at radius 2 is 1.48 bits per heavy atom. The number of nitrogens with one attached hydrogen (secondary N) is 1. The summed E-state index contributed by atoms with van der Waals surface area (Å²) in [4.78, 5) is 29.5. The van der Waals surface area contributed by atoms with Crippen LogP contribution in [-0.4, -0.2) is 43.3 Å². The molecule has 230 valence electrons. The summed E-state index contributed by atoms with van der Waals surface area (Å²) in [5.74, 6) is -1.70. The number of rotatable bonds is 11. The van der Waals surface area contributed by atoms with Crippen molar-refractivity contribution in [2.45, 2.75) is 50.2 Å². The zero-order valence-corrected chi connectivity index (χ0v) is 26.4. The second-order valence-corrected chi connectivity index (χ2v) is 13.7. The molecule has 0 bridgehead atoms. The molecule has 44 heavy (non-hydrogen) atoms. The van der Waals surface area contributed by atoms with Crippen LogP contribution in [0.5, 0.6) is 0 Å². The fourth-order valence-electron chi connectivity index (χ4n) is 4.70. The van der Waals surface area contributed by atoms with E-state index in [2.05, 4.69) is 5.32 Å². The van der Waals surface area contributed by atoms with E-state index < -0.39 is 45.8 Å². The Kier molecular flexibility index (Phi) is 10.4. The summed E-state index contributed by atoms with van der Waals surface area (Å²) >= 11 is 6.24. The lowest BCUT2D eigenvalue weighted by Crippen LogP contribution is -2.56. The Morgan fingerprint density at radius 1 is 0.864 bits per heavy atom. The van der Waals surface area contributed by atoms with Crippen molar-refractivity contribution in [3.63, 3.8) is 0 Å². The van der Waals surface area contributed by atoms with Crippen LogP contribution in [0.15, 0.2) is 114 Å². The normalized spacial score (nSPS) is 12.3. The van der Waals surface area contributed by atoms with E-state index in [1.54, 1.807) is 36.4 Å². The molecule has 0 spiro atoms. The monoisotopic (exact) mass is 635 g/mol. The molecule has 0 aromatic heterocycles. The van der Waals surface area contributed by atoms with Gasteiger partial charge in [0.25, 0.3) is 10.0 Å². The number of benzene rings is 4. The zero-order valence-electron chi connectivity index (χ0n) is 24.8. The number of amides is 2. The molecular weight excluding hydrogens is 601 g/mol. The Labute approximate surface area is 263 Å². The molecular formula is C34H35ClFN3O4S. The van der Waals surface area contributed by atoms with Gasteiger partial charge in [-0.25, -0.2) is 12.8 Å². The third kappa shape index (κ3) is 8.45. The van der Waals surface area contributed by atoms with Gasteiger partial charge in [0.15, 0.2) is 0 Å². The van der Waals surface area contributed by atoms with Gasteiger partial charge in [0.1, 0.15) is 18.4 Å². The van der Waals surface area contributed by atoms with E-state index in [4.69, 9.17) is 11.6 Å². The molecule has 0 saturated heterocycles. The minimum atomic E-state index is -4.26. The molecule has 0 heterocycles. The summed E-state index contributed by atoms with van der Waals surface area (Å²) in [6, 6.07) is 27.9. The molecule has 0 unspecified atom stereocenters. The second-order valence-electron chi connectivity index (χ2n) is 11.4. The van der Waals surface area contributed by atoms with Gasteiger partial charge < -0.3 is 10.2 Å². The number of halogens is 2. The minimum Gasteiger partial charge on any atom is -0.350 e. The average molecular weight is 636 g/mol. The molecule has 7 nitrogen and oxygen atoms in total. The molecule has 4 aromatic rings. The van der Waals surface area contributed by atoms with Gasteiger partial charge in [-0.1, -0.05) is 84.4 Å². The highest BCUT2D eigenvalue weighted by Crippen LogP contribution is 2.27. The van der Waals surface area contributed by atoms with E-state index >= 15 is 0 Å². The first kappa shape index (κ1) is 32.7. The molecule has 0 saturated carbocycles. The van der Waals surface area contributed by atoms with Crippen molar-refractivity contribution < 1.29 is 22.4 Å². The summed E-state index contributed by atoms with van der Waals surface area (Å²) in [7, 11) is -4.26. The number of sulfonamides is 1. The quantitative estimate of drug-likeness (QED) is 0.212. The van der Waals surface area contributed by atoms with Crippen LogP contribution in [-0.2, 0) is 32.6 Å². The van der Waals surface area contributed by atoms with Crippen molar-refractivity contribution in [3.8, 4) is 0 Å². The lowest BCUT2D eigenvalue weighted by Gasteiger charge is -2.35. The smallest absolute Gasteiger partial charge is 0.264 e. The van der Waals surface area contributed by atoms with Crippen molar-refractivity contribution >= 4 is 39.1 Å². The summed E-state index contributed by atoms with van der Waals surface area (Å²) in [5, 5.41) is 3.22. The van der Waals surface area contributed by atoms with Crippen molar-refractivity contribution in [3.05, 3.63) is 131 Å². The summed E-state index contributed by atoms with van der Waals surface area (Å²) in [6.45, 7) is 4.53. The summed E-state index contributed by atoms with van der Waals surface area (Å²) < 4.78 is 43.9. The van der Waals surface area contributed by atoms with Gasteiger partial charge in [-0.05, 0) is 62.7 Å². The molecule has 0 aliphatic heterocycles. The van der Waals surface area contributed by atoms with Gasteiger partial charge in [-0.2, -0.15) is 0 Å². The molecule has 4 aromatic carbocycles. The highest BCUT2D eigenvalue weighted by molar-refractivity contribution is 7.92. The first-order chi connectivity index (χ1) is 20.8. The van der Waals surface area contributed by atoms with E-state index in [1.165, 1.54) is 47.4 Å². The average Bonchev–Trinajstić information content (AvgIpc) is 2.98. The van der Waals surface area contributed by atoms with E-state index in [9.17, 15) is 22.4 Å². The summed E-state index contributed by atoms with van der Waals surface area (Å²) in [5.41, 5.74) is 0.487. The van der Waals surface area contributed by atoms with Crippen LogP contribution >= 0.6 is 11.6 Å². The topological polar surface area (TPSA) is 86.8 Å². The number of hydrogen-bond acceptors (Lipinski definition) is 4. The van der Waals surface area contributed by atoms with Crippen molar-refractivity contribution in [2.75, 3.05) is 10.8 Å². The van der Waals surface area contributed by atoms with E-state index in [1.807, 2.05) is 51.1 Å². The minimum absolute atomic E-state index is 0.0280. The number of carbonyl (C=O) groups excluding carboxylic acids is 2. The van der Waals surface area contributed by atoms with E-state index in [0.29, 0.717) is 0 Å². The third-order valence-electron chi connectivity index (χ3n) is 6.77. The van der Waals surface area contributed by atoms with Crippen molar-refractivity contribution in [1.29, 1.82) is 0 Å². The largest absolute Gasteiger partial charge is 0.350 e. The lowest BCUT2D eigenvalue weighted by molar-refractivity contribution is -0.140. The fourth-order valence-corrected chi connectivity index (χ4v) is 6.31. The maximum Gasteiger partial charge on any atom is 0.264 e. The Hall–Kier alpha value is -4.21. The first-order valence-electron chi connectivity index (χ1n) is 14.1. The van der Waals surface area contributed by atoms with Gasteiger partial charge >= 0.3 is 0 Å².